The Morgan fingerprint density at radius 2 is 1.92 bits per heavy atom. The van der Waals surface area contributed by atoms with Crippen LogP contribution in [-0.4, -0.2) is 33.6 Å². The molecular formula is C17H13ClF2N4O. The number of aromatic nitrogens is 3. The van der Waals surface area contributed by atoms with E-state index in [1.54, 1.807) is 24.3 Å². The maximum Gasteiger partial charge on any atom is 0.298 e. The maximum absolute atomic E-state index is 12.9. The SMILES string of the molecule is O=C(c1ncn(-c2ccccc2)n1)N(CC(F)F)c1cccc(Cl)c1. The molecule has 8 heteroatoms. The van der Waals surface area contributed by atoms with Gasteiger partial charge in [-0.15, -0.1) is 5.10 Å². The topological polar surface area (TPSA) is 51.0 Å². The van der Waals surface area contributed by atoms with Crippen LogP contribution in [0.3, 0.4) is 0 Å². The number of rotatable bonds is 5. The standard InChI is InChI=1S/C17H13ClF2N4O/c18-12-5-4-8-14(9-12)23(10-15(19)20)17(25)16-21-11-24(22-16)13-6-2-1-3-7-13/h1-9,11,15H,10H2. The first-order chi connectivity index (χ1) is 12.0. The molecule has 0 fully saturated rings. The Hall–Kier alpha value is -2.80. The molecule has 1 aromatic heterocycles. The van der Waals surface area contributed by atoms with Gasteiger partial charge in [0.25, 0.3) is 12.3 Å². The summed E-state index contributed by atoms with van der Waals surface area (Å²) in [5.41, 5.74) is 0.964. The molecule has 0 N–H and O–H groups in total. The zero-order chi connectivity index (χ0) is 17.8. The average molecular weight is 363 g/mol. The number of para-hydroxylation sites is 1. The van der Waals surface area contributed by atoms with Gasteiger partial charge in [0.05, 0.1) is 12.2 Å². The molecule has 3 rings (SSSR count). The lowest BCUT2D eigenvalue weighted by atomic mass is 10.2. The summed E-state index contributed by atoms with van der Waals surface area (Å²) in [4.78, 5) is 17.5. The van der Waals surface area contributed by atoms with Crippen LogP contribution in [0.15, 0.2) is 60.9 Å². The van der Waals surface area contributed by atoms with Gasteiger partial charge in [-0.2, -0.15) is 0 Å². The third-order valence-corrected chi connectivity index (χ3v) is 3.62. The van der Waals surface area contributed by atoms with Crippen LogP contribution >= 0.6 is 11.6 Å². The zero-order valence-corrected chi connectivity index (χ0v) is 13.6. The molecule has 0 spiro atoms. The van der Waals surface area contributed by atoms with Gasteiger partial charge in [-0.3, -0.25) is 9.69 Å². The molecule has 0 saturated heterocycles. The van der Waals surface area contributed by atoms with Gasteiger partial charge < -0.3 is 0 Å². The summed E-state index contributed by atoms with van der Waals surface area (Å²) in [6.07, 6.45) is -1.35. The fraction of sp³-hybridized carbons (Fsp3) is 0.118. The van der Waals surface area contributed by atoms with E-state index < -0.39 is 18.9 Å². The fourth-order valence-electron chi connectivity index (χ4n) is 2.27. The summed E-state index contributed by atoms with van der Waals surface area (Å²) >= 11 is 5.90. The maximum atomic E-state index is 12.9. The monoisotopic (exact) mass is 362 g/mol. The van der Waals surface area contributed by atoms with Crippen LogP contribution in [0.2, 0.25) is 5.02 Å². The number of alkyl halides is 2. The van der Waals surface area contributed by atoms with Crippen LogP contribution in [0.1, 0.15) is 10.6 Å². The second kappa shape index (κ2) is 7.40. The number of hydrogen-bond acceptors (Lipinski definition) is 3. The largest absolute Gasteiger partial charge is 0.300 e. The van der Waals surface area contributed by atoms with E-state index in [0.29, 0.717) is 10.7 Å². The Labute approximate surface area is 147 Å². The van der Waals surface area contributed by atoms with E-state index in [4.69, 9.17) is 11.6 Å². The first kappa shape index (κ1) is 17.0. The highest BCUT2D eigenvalue weighted by Gasteiger charge is 2.25. The van der Waals surface area contributed by atoms with Crippen molar-refractivity contribution >= 4 is 23.2 Å². The molecule has 1 heterocycles. The van der Waals surface area contributed by atoms with E-state index in [-0.39, 0.29) is 11.5 Å². The predicted molar refractivity (Wildman–Crippen MR) is 90.5 cm³/mol. The van der Waals surface area contributed by atoms with Crippen molar-refractivity contribution in [2.24, 2.45) is 0 Å². The molecule has 0 aliphatic carbocycles. The first-order valence-corrected chi connectivity index (χ1v) is 7.75. The number of benzene rings is 2. The normalized spacial score (nSPS) is 10.9. The molecule has 0 radical (unpaired) electrons. The highest BCUT2D eigenvalue weighted by atomic mass is 35.5. The lowest BCUT2D eigenvalue weighted by molar-refractivity contribution is 0.0936. The van der Waals surface area contributed by atoms with E-state index in [1.807, 2.05) is 18.2 Å². The number of halogens is 3. The first-order valence-electron chi connectivity index (χ1n) is 7.37. The third-order valence-electron chi connectivity index (χ3n) is 3.39. The van der Waals surface area contributed by atoms with Crippen molar-refractivity contribution in [2.45, 2.75) is 6.43 Å². The van der Waals surface area contributed by atoms with Gasteiger partial charge in [0, 0.05) is 10.7 Å². The van der Waals surface area contributed by atoms with Crippen molar-refractivity contribution in [1.29, 1.82) is 0 Å². The number of nitrogens with zero attached hydrogens (tertiary/aromatic N) is 4. The van der Waals surface area contributed by atoms with Crippen LogP contribution in [-0.2, 0) is 0 Å². The molecule has 2 aromatic carbocycles. The number of carbonyl (C=O) groups is 1. The minimum atomic E-state index is -2.71. The van der Waals surface area contributed by atoms with Crippen LogP contribution in [0.5, 0.6) is 0 Å². The Morgan fingerprint density at radius 3 is 2.60 bits per heavy atom. The molecule has 5 nitrogen and oxygen atoms in total. The second-order valence-electron chi connectivity index (χ2n) is 5.14. The summed E-state index contributed by atoms with van der Waals surface area (Å²) in [5, 5.41) is 4.43. The molecule has 1 amide bonds. The molecule has 0 atom stereocenters. The van der Waals surface area contributed by atoms with Crippen LogP contribution < -0.4 is 4.90 Å². The quantitative estimate of drug-likeness (QED) is 0.693. The minimum Gasteiger partial charge on any atom is -0.300 e. The highest BCUT2D eigenvalue weighted by molar-refractivity contribution is 6.31. The Morgan fingerprint density at radius 1 is 1.16 bits per heavy atom. The van der Waals surface area contributed by atoms with E-state index in [0.717, 1.165) is 4.90 Å². The predicted octanol–water partition coefficient (Wildman–Crippen LogP) is 3.83. The van der Waals surface area contributed by atoms with E-state index >= 15 is 0 Å². The lowest BCUT2D eigenvalue weighted by Crippen LogP contribution is -2.36. The van der Waals surface area contributed by atoms with E-state index in [2.05, 4.69) is 10.1 Å². The minimum absolute atomic E-state index is 0.176. The molecule has 0 unspecified atom stereocenters. The highest BCUT2D eigenvalue weighted by Crippen LogP contribution is 2.22. The lowest BCUT2D eigenvalue weighted by Gasteiger charge is -2.21. The molecule has 0 bridgehead atoms. The van der Waals surface area contributed by atoms with Crippen molar-refractivity contribution in [3.63, 3.8) is 0 Å². The molecular weight excluding hydrogens is 350 g/mol. The van der Waals surface area contributed by atoms with Gasteiger partial charge in [0.1, 0.15) is 6.33 Å². The van der Waals surface area contributed by atoms with Crippen molar-refractivity contribution in [1.82, 2.24) is 14.8 Å². The molecule has 25 heavy (non-hydrogen) atoms. The fourth-order valence-corrected chi connectivity index (χ4v) is 2.46. The van der Waals surface area contributed by atoms with E-state index in [9.17, 15) is 13.6 Å². The summed E-state index contributed by atoms with van der Waals surface area (Å²) in [7, 11) is 0. The molecule has 0 aliphatic rings. The Kier molecular flexibility index (Phi) is 5.04. The molecule has 3 aromatic rings. The molecule has 128 valence electrons. The molecule has 0 aliphatic heterocycles. The Bertz CT molecular complexity index is 870. The number of hydrogen-bond donors (Lipinski definition) is 0. The van der Waals surface area contributed by atoms with Crippen molar-refractivity contribution in [2.75, 3.05) is 11.4 Å². The van der Waals surface area contributed by atoms with Crippen molar-refractivity contribution in [3.05, 3.63) is 71.8 Å². The van der Waals surface area contributed by atoms with Crippen LogP contribution in [0.25, 0.3) is 5.69 Å². The van der Waals surface area contributed by atoms with Crippen LogP contribution in [0.4, 0.5) is 14.5 Å². The van der Waals surface area contributed by atoms with Gasteiger partial charge in [0.2, 0.25) is 5.82 Å². The van der Waals surface area contributed by atoms with E-state index in [1.165, 1.54) is 23.1 Å². The van der Waals surface area contributed by atoms with Gasteiger partial charge in [-0.05, 0) is 30.3 Å². The Balaban J connectivity index is 1.91. The summed E-state index contributed by atoms with van der Waals surface area (Å²) in [5.74, 6) is -0.901. The summed E-state index contributed by atoms with van der Waals surface area (Å²) in [6, 6.07) is 15.2. The third kappa shape index (κ3) is 4.00. The van der Waals surface area contributed by atoms with Gasteiger partial charge in [-0.1, -0.05) is 35.9 Å². The summed E-state index contributed by atoms with van der Waals surface area (Å²) in [6.45, 7) is -0.779. The zero-order valence-electron chi connectivity index (χ0n) is 12.9. The number of anilines is 1. The van der Waals surface area contributed by atoms with Gasteiger partial charge in [0.15, 0.2) is 0 Å². The smallest absolute Gasteiger partial charge is 0.298 e. The van der Waals surface area contributed by atoms with Gasteiger partial charge >= 0.3 is 0 Å². The average Bonchev–Trinajstić information content (AvgIpc) is 3.10. The van der Waals surface area contributed by atoms with Crippen molar-refractivity contribution in [3.8, 4) is 5.69 Å². The second-order valence-corrected chi connectivity index (χ2v) is 5.57. The van der Waals surface area contributed by atoms with Crippen LogP contribution in [0, 0.1) is 0 Å². The number of amides is 1. The summed E-state index contributed by atoms with van der Waals surface area (Å²) < 4.78 is 27.3. The molecule has 0 saturated carbocycles. The van der Waals surface area contributed by atoms with Gasteiger partial charge in [-0.25, -0.2) is 18.4 Å². The number of carbonyl (C=O) groups excluding carboxylic acids is 1. The van der Waals surface area contributed by atoms with Crippen molar-refractivity contribution < 1.29 is 13.6 Å².